The van der Waals surface area contributed by atoms with E-state index in [9.17, 15) is 0 Å². The topological polar surface area (TPSA) is 25.4 Å². The summed E-state index contributed by atoms with van der Waals surface area (Å²) in [5, 5.41) is 1.22. The van der Waals surface area contributed by atoms with Crippen LogP contribution in [0, 0.1) is 5.92 Å². The Morgan fingerprint density at radius 3 is 3.15 bits per heavy atom. The van der Waals surface area contributed by atoms with E-state index in [1.807, 2.05) is 12.3 Å². The number of ether oxygens (including phenoxy) is 1. The fraction of sp³-hybridized carbons (Fsp3) is 0.471. The van der Waals surface area contributed by atoms with Crippen molar-refractivity contribution in [3.05, 3.63) is 42.1 Å². The first-order chi connectivity index (χ1) is 9.81. The van der Waals surface area contributed by atoms with E-state index in [0.717, 1.165) is 31.8 Å². The lowest BCUT2D eigenvalue weighted by molar-refractivity contribution is 0.0411. The number of hydrogen-bond acceptors (Lipinski definition) is 3. The summed E-state index contributed by atoms with van der Waals surface area (Å²) >= 11 is 0. The molecule has 0 amide bonds. The molecule has 20 heavy (non-hydrogen) atoms. The van der Waals surface area contributed by atoms with Gasteiger partial charge in [-0.1, -0.05) is 12.1 Å². The Bertz CT molecular complexity index is 564. The van der Waals surface area contributed by atoms with Gasteiger partial charge in [0.05, 0.1) is 12.1 Å². The highest BCUT2D eigenvalue weighted by atomic mass is 16.5. The summed E-state index contributed by atoms with van der Waals surface area (Å²) in [6.07, 6.45) is 4.35. The number of aromatic nitrogens is 1. The Labute approximate surface area is 120 Å². The number of benzene rings is 1. The number of hydrogen-bond donors (Lipinski definition) is 0. The van der Waals surface area contributed by atoms with Gasteiger partial charge in [-0.2, -0.15) is 0 Å². The molecule has 0 saturated carbocycles. The van der Waals surface area contributed by atoms with Gasteiger partial charge in [-0.05, 0) is 49.6 Å². The second-order valence-electron chi connectivity index (χ2n) is 5.81. The van der Waals surface area contributed by atoms with E-state index in [2.05, 4.69) is 41.2 Å². The molecule has 0 spiro atoms. The van der Waals surface area contributed by atoms with Crippen molar-refractivity contribution in [2.24, 2.45) is 5.92 Å². The first-order valence-corrected chi connectivity index (χ1v) is 7.41. The molecule has 3 rings (SSSR count). The molecule has 2 heterocycles. The number of rotatable bonds is 4. The number of nitrogens with zero attached hydrogens (tertiary/aromatic N) is 2. The molecule has 1 aliphatic rings. The lowest BCUT2D eigenvalue weighted by Gasteiger charge is -2.27. The SMILES string of the molecule is CN(Cc1ccc2ncccc2c1)CC1CCCOC1. The molecule has 106 valence electrons. The smallest absolute Gasteiger partial charge is 0.0702 e. The molecular formula is C17H22N2O. The van der Waals surface area contributed by atoms with Crippen LogP contribution in [0.2, 0.25) is 0 Å². The van der Waals surface area contributed by atoms with Crippen molar-refractivity contribution in [1.82, 2.24) is 9.88 Å². The quantitative estimate of drug-likeness (QED) is 0.853. The van der Waals surface area contributed by atoms with Crippen molar-refractivity contribution in [3.8, 4) is 0 Å². The van der Waals surface area contributed by atoms with E-state index in [1.165, 1.54) is 23.8 Å². The van der Waals surface area contributed by atoms with Crippen LogP contribution in [0.4, 0.5) is 0 Å². The van der Waals surface area contributed by atoms with Crippen molar-refractivity contribution < 1.29 is 4.74 Å². The highest BCUT2D eigenvalue weighted by Gasteiger charge is 2.15. The summed E-state index contributed by atoms with van der Waals surface area (Å²) in [6.45, 7) is 3.97. The van der Waals surface area contributed by atoms with E-state index >= 15 is 0 Å². The third-order valence-corrected chi connectivity index (χ3v) is 3.94. The van der Waals surface area contributed by atoms with Crippen LogP contribution in [0.15, 0.2) is 36.5 Å². The fourth-order valence-corrected chi connectivity index (χ4v) is 2.99. The van der Waals surface area contributed by atoms with Crippen molar-refractivity contribution >= 4 is 10.9 Å². The average molecular weight is 270 g/mol. The van der Waals surface area contributed by atoms with Gasteiger partial charge in [-0.15, -0.1) is 0 Å². The second-order valence-corrected chi connectivity index (χ2v) is 5.81. The van der Waals surface area contributed by atoms with E-state index in [4.69, 9.17) is 4.74 Å². The Balaban J connectivity index is 1.62. The third kappa shape index (κ3) is 3.35. The monoisotopic (exact) mass is 270 g/mol. The Kier molecular flexibility index (Phi) is 4.28. The largest absolute Gasteiger partial charge is 0.381 e. The standard InChI is InChI=1S/C17H22N2O/c1-19(12-15-4-3-9-20-13-15)11-14-6-7-17-16(10-14)5-2-8-18-17/h2,5-8,10,15H,3-4,9,11-13H2,1H3. The van der Waals surface area contributed by atoms with Crippen LogP contribution in [0.1, 0.15) is 18.4 Å². The van der Waals surface area contributed by atoms with E-state index in [-0.39, 0.29) is 0 Å². The maximum Gasteiger partial charge on any atom is 0.0702 e. The molecular weight excluding hydrogens is 248 g/mol. The van der Waals surface area contributed by atoms with E-state index in [1.54, 1.807) is 0 Å². The highest BCUT2D eigenvalue weighted by molar-refractivity contribution is 5.78. The maximum atomic E-state index is 5.56. The van der Waals surface area contributed by atoms with Gasteiger partial charge < -0.3 is 9.64 Å². The average Bonchev–Trinajstić information content (AvgIpc) is 2.48. The van der Waals surface area contributed by atoms with Gasteiger partial charge in [0.15, 0.2) is 0 Å². The van der Waals surface area contributed by atoms with Crippen LogP contribution in [0.25, 0.3) is 10.9 Å². The molecule has 0 N–H and O–H groups in total. The lowest BCUT2D eigenvalue weighted by Crippen LogP contribution is -2.30. The second kappa shape index (κ2) is 6.33. The lowest BCUT2D eigenvalue weighted by atomic mass is 10.0. The van der Waals surface area contributed by atoms with E-state index in [0.29, 0.717) is 5.92 Å². The molecule has 1 atom stereocenters. The van der Waals surface area contributed by atoms with Crippen molar-refractivity contribution in [2.75, 3.05) is 26.8 Å². The Hall–Kier alpha value is -1.45. The predicted molar refractivity (Wildman–Crippen MR) is 81.6 cm³/mol. The molecule has 1 aromatic heterocycles. The van der Waals surface area contributed by atoms with Gasteiger partial charge in [0.25, 0.3) is 0 Å². The summed E-state index contributed by atoms with van der Waals surface area (Å²) in [6, 6.07) is 10.7. The molecule has 3 heteroatoms. The fourth-order valence-electron chi connectivity index (χ4n) is 2.99. The molecule has 1 unspecified atom stereocenters. The summed E-state index contributed by atoms with van der Waals surface area (Å²) in [4.78, 5) is 6.76. The van der Waals surface area contributed by atoms with Crippen LogP contribution in [0.3, 0.4) is 0 Å². The molecule has 1 fully saturated rings. The minimum atomic E-state index is 0.691. The molecule has 0 bridgehead atoms. The van der Waals surface area contributed by atoms with Gasteiger partial charge in [0.1, 0.15) is 0 Å². The van der Waals surface area contributed by atoms with Gasteiger partial charge in [-0.3, -0.25) is 4.98 Å². The first kappa shape index (κ1) is 13.5. The number of fused-ring (bicyclic) bond motifs is 1. The van der Waals surface area contributed by atoms with Crippen LogP contribution in [-0.2, 0) is 11.3 Å². The first-order valence-electron chi connectivity index (χ1n) is 7.41. The summed E-state index contributed by atoms with van der Waals surface area (Å²) in [7, 11) is 2.20. The predicted octanol–water partition coefficient (Wildman–Crippen LogP) is 3.09. The normalized spacial score (nSPS) is 19.6. The molecule has 2 aromatic rings. The number of pyridine rings is 1. The Morgan fingerprint density at radius 2 is 2.30 bits per heavy atom. The molecule has 1 aromatic carbocycles. The van der Waals surface area contributed by atoms with Crippen molar-refractivity contribution in [3.63, 3.8) is 0 Å². The van der Waals surface area contributed by atoms with Gasteiger partial charge in [0, 0.05) is 31.3 Å². The minimum Gasteiger partial charge on any atom is -0.381 e. The van der Waals surface area contributed by atoms with Gasteiger partial charge >= 0.3 is 0 Å². The minimum absolute atomic E-state index is 0.691. The van der Waals surface area contributed by atoms with Crippen LogP contribution >= 0.6 is 0 Å². The summed E-state index contributed by atoms with van der Waals surface area (Å²) in [5.41, 5.74) is 2.42. The molecule has 0 aliphatic carbocycles. The molecule has 1 saturated heterocycles. The highest BCUT2D eigenvalue weighted by Crippen LogP contribution is 2.17. The molecule has 3 nitrogen and oxygen atoms in total. The third-order valence-electron chi connectivity index (χ3n) is 3.94. The van der Waals surface area contributed by atoms with Crippen molar-refractivity contribution in [1.29, 1.82) is 0 Å². The zero-order valence-electron chi connectivity index (χ0n) is 12.1. The zero-order valence-corrected chi connectivity index (χ0v) is 12.1. The summed E-state index contributed by atoms with van der Waals surface area (Å²) < 4.78 is 5.56. The molecule has 1 aliphatic heterocycles. The molecule has 0 radical (unpaired) electrons. The van der Waals surface area contributed by atoms with Crippen molar-refractivity contribution in [2.45, 2.75) is 19.4 Å². The van der Waals surface area contributed by atoms with E-state index < -0.39 is 0 Å². The van der Waals surface area contributed by atoms with Crippen LogP contribution in [-0.4, -0.2) is 36.7 Å². The van der Waals surface area contributed by atoms with Crippen LogP contribution in [0.5, 0.6) is 0 Å². The van der Waals surface area contributed by atoms with Gasteiger partial charge in [-0.25, -0.2) is 0 Å². The van der Waals surface area contributed by atoms with Crippen LogP contribution < -0.4 is 0 Å². The van der Waals surface area contributed by atoms with Gasteiger partial charge in [0.2, 0.25) is 0 Å². The maximum absolute atomic E-state index is 5.56. The zero-order chi connectivity index (χ0) is 13.8. The Morgan fingerprint density at radius 1 is 1.35 bits per heavy atom. The summed E-state index contributed by atoms with van der Waals surface area (Å²) in [5.74, 6) is 0.691.